The lowest BCUT2D eigenvalue weighted by Crippen LogP contribution is -2.10. The molecule has 0 fully saturated rings. The van der Waals surface area contributed by atoms with Crippen molar-refractivity contribution in [3.8, 4) is 0 Å². The second-order valence-corrected chi connectivity index (χ2v) is 6.57. The number of hydrogen-bond acceptors (Lipinski definition) is 6. The Balaban J connectivity index is 1.48. The topological polar surface area (TPSA) is 91.2 Å². The van der Waals surface area contributed by atoms with Crippen molar-refractivity contribution in [2.24, 2.45) is 0 Å². The van der Waals surface area contributed by atoms with Gasteiger partial charge in [-0.15, -0.1) is 0 Å². The summed E-state index contributed by atoms with van der Waals surface area (Å²) in [6.07, 6.45) is 1.73. The summed E-state index contributed by atoms with van der Waals surface area (Å²) in [7, 11) is 0. The van der Waals surface area contributed by atoms with Gasteiger partial charge in [0, 0.05) is 16.3 Å². The van der Waals surface area contributed by atoms with Gasteiger partial charge in [0.2, 0.25) is 0 Å². The Kier molecular flexibility index (Phi) is 4.24. The lowest BCUT2D eigenvalue weighted by atomic mass is 10.0. The number of benzene rings is 2. The molecule has 0 atom stereocenters. The van der Waals surface area contributed by atoms with Gasteiger partial charge in [-0.25, -0.2) is 9.97 Å². The first-order valence-electron chi connectivity index (χ1n) is 8.65. The number of fused-ring (bicyclic) bond motifs is 2. The lowest BCUT2D eigenvalue weighted by Gasteiger charge is -2.06. The molecule has 0 bridgehead atoms. The van der Waals surface area contributed by atoms with E-state index in [1.165, 1.54) is 0 Å². The molecule has 0 saturated carbocycles. The number of nitrogen functional groups attached to an aromatic ring is 1. The number of aromatic nitrogens is 2. The van der Waals surface area contributed by atoms with Crippen molar-refractivity contribution in [2.45, 2.75) is 26.9 Å². The van der Waals surface area contributed by atoms with Gasteiger partial charge < -0.3 is 14.9 Å². The Bertz CT molecular complexity index is 1160. The molecule has 0 aliphatic carbocycles. The molecule has 0 radical (unpaired) electrons. The van der Waals surface area contributed by atoms with Crippen LogP contribution in [-0.2, 0) is 22.6 Å². The third-order valence-corrected chi connectivity index (χ3v) is 4.65. The van der Waals surface area contributed by atoms with Crippen LogP contribution in [0.25, 0.3) is 21.9 Å². The fraction of sp³-hybridized carbons (Fsp3) is 0.190. The van der Waals surface area contributed by atoms with Crippen molar-refractivity contribution in [2.75, 3.05) is 5.73 Å². The normalized spacial score (nSPS) is 11.2. The quantitative estimate of drug-likeness (QED) is 0.555. The van der Waals surface area contributed by atoms with Gasteiger partial charge in [-0.05, 0) is 49.2 Å². The minimum Gasteiger partial charge on any atom is -0.464 e. The number of aryl methyl sites for hydroxylation is 2. The van der Waals surface area contributed by atoms with E-state index in [-0.39, 0.29) is 19.0 Å². The number of nitrogens with zero attached hydrogens (tertiary/aromatic N) is 2. The van der Waals surface area contributed by atoms with Crippen LogP contribution in [0.1, 0.15) is 22.5 Å². The smallest absolute Gasteiger partial charge is 0.310 e. The molecule has 6 nitrogen and oxygen atoms in total. The van der Waals surface area contributed by atoms with Gasteiger partial charge in [0.1, 0.15) is 11.4 Å². The van der Waals surface area contributed by atoms with E-state index in [1.807, 2.05) is 50.2 Å². The summed E-state index contributed by atoms with van der Waals surface area (Å²) in [5.74, 6) is 0.382. The van der Waals surface area contributed by atoms with Crippen molar-refractivity contribution >= 4 is 33.7 Å². The molecule has 136 valence electrons. The number of furan rings is 1. The molecular formula is C21H19N3O3. The van der Waals surface area contributed by atoms with Crippen LogP contribution in [0.5, 0.6) is 0 Å². The Morgan fingerprint density at radius 3 is 2.74 bits per heavy atom. The van der Waals surface area contributed by atoms with Gasteiger partial charge in [0.25, 0.3) is 0 Å². The largest absolute Gasteiger partial charge is 0.464 e. The first kappa shape index (κ1) is 17.0. The van der Waals surface area contributed by atoms with Crippen molar-refractivity contribution in [1.29, 1.82) is 0 Å². The first-order chi connectivity index (χ1) is 13.0. The molecule has 0 unspecified atom stereocenters. The van der Waals surface area contributed by atoms with E-state index in [4.69, 9.17) is 14.9 Å². The highest BCUT2D eigenvalue weighted by atomic mass is 16.5. The molecule has 4 rings (SSSR count). The zero-order valence-electron chi connectivity index (χ0n) is 15.2. The van der Waals surface area contributed by atoms with E-state index in [1.54, 1.807) is 6.26 Å². The highest BCUT2D eigenvalue weighted by molar-refractivity contribution is 5.88. The van der Waals surface area contributed by atoms with Crippen molar-refractivity contribution in [3.63, 3.8) is 0 Å². The van der Waals surface area contributed by atoms with Gasteiger partial charge in [-0.2, -0.15) is 0 Å². The summed E-state index contributed by atoms with van der Waals surface area (Å²) in [5.41, 5.74) is 10.6. The second-order valence-electron chi connectivity index (χ2n) is 6.57. The van der Waals surface area contributed by atoms with Crippen LogP contribution in [-0.4, -0.2) is 15.9 Å². The van der Waals surface area contributed by atoms with Crippen LogP contribution in [0.3, 0.4) is 0 Å². The number of rotatable bonds is 4. The average molecular weight is 361 g/mol. The highest BCUT2D eigenvalue weighted by Crippen LogP contribution is 2.25. The van der Waals surface area contributed by atoms with E-state index in [0.29, 0.717) is 11.6 Å². The average Bonchev–Trinajstić information content (AvgIpc) is 3.02. The predicted octanol–water partition coefficient (Wildman–Crippen LogP) is 3.86. The monoisotopic (exact) mass is 361 g/mol. The number of nitrogens with two attached hydrogens (primary N) is 1. The number of para-hydroxylation sites is 1. The Morgan fingerprint density at radius 2 is 1.89 bits per heavy atom. The Morgan fingerprint density at radius 1 is 1.11 bits per heavy atom. The maximum atomic E-state index is 12.3. The first-order valence-corrected chi connectivity index (χ1v) is 8.65. The van der Waals surface area contributed by atoms with E-state index >= 15 is 0 Å². The number of carbonyl (C=O) groups excluding carboxylic acids is 1. The third kappa shape index (κ3) is 3.33. The van der Waals surface area contributed by atoms with E-state index < -0.39 is 0 Å². The standard InChI is InChI=1S/C21H19N3O3/c1-12-7-16-14(10-26-18(16)8-13(12)2)9-20(25)27-11-19-23-17-6-4-3-5-15(17)21(22)24-19/h3-8,10H,9,11H2,1-2H3,(H2,22,23,24). The maximum Gasteiger partial charge on any atom is 0.310 e. The summed E-state index contributed by atoms with van der Waals surface area (Å²) in [6.45, 7) is 4.04. The van der Waals surface area contributed by atoms with Gasteiger partial charge in [-0.1, -0.05) is 12.1 Å². The Hall–Kier alpha value is -3.41. The van der Waals surface area contributed by atoms with Gasteiger partial charge in [0.05, 0.1) is 18.2 Å². The summed E-state index contributed by atoms with van der Waals surface area (Å²) in [6, 6.07) is 11.5. The fourth-order valence-corrected chi connectivity index (χ4v) is 3.04. The van der Waals surface area contributed by atoms with E-state index in [2.05, 4.69) is 9.97 Å². The van der Waals surface area contributed by atoms with Crippen LogP contribution in [0.4, 0.5) is 5.82 Å². The van der Waals surface area contributed by atoms with Gasteiger partial charge in [0.15, 0.2) is 12.4 Å². The fourth-order valence-electron chi connectivity index (χ4n) is 3.04. The number of anilines is 1. The minimum absolute atomic E-state index is 0.0260. The van der Waals surface area contributed by atoms with Crippen molar-refractivity contribution in [1.82, 2.24) is 9.97 Å². The molecule has 2 aromatic heterocycles. The van der Waals surface area contributed by atoms with Crippen LogP contribution >= 0.6 is 0 Å². The van der Waals surface area contributed by atoms with Crippen LogP contribution < -0.4 is 5.73 Å². The summed E-state index contributed by atoms with van der Waals surface area (Å²) < 4.78 is 10.9. The molecule has 0 aliphatic rings. The maximum absolute atomic E-state index is 12.3. The number of carbonyl (C=O) groups is 1. The van der Waals surface area contributed by atoms with Crippen LogP contribution in [0, 0.1) is 13.8 Å². The number of hydrogen-bond donors (Lipinski definition) is 1. The van der Waals surface area contributed by atoms with Crippen molar-refractivity contribution < 1.29 is 13.9 Å². The van der Waals surface area contributed by atoms with Crippen molar-refractivity contribution in [3.05, 3.63) is 65.2 Å². The second kappa shape index (κ2) is 6.72. The lowest BCUT2D eigenvalue weighted by molar-refractivity contribution is -0.144. The third-order valence-electron chi connectivity index (χ3n) is 4.65. The summed E-state index contributed by atoms with van der Waals surface area (Å²) in [5, 5.41) is 1.71. The molecule has 2 N–H and O–H groups in total. The molecule has 0 amide bonds. The van der Waals surface area contributed by atoms with E-state index in [9.17, 15) is 4.79 Å². The molecule has 0 saturated heterocycles. The van der Waals surface area contributed by atoms with E-state index in [0.717, 1.165) is 38.6 Å². The highest BCUT2D eigenvalue weighted by Gasteiger charge is 2.14. The molecule has 0 spiro atoms. The number of esters is 1. The molecule has 6 heteroatoms. The zero-order chi connectivity index (χ0) is 19.0. The molecule has 2 heterocycles. The minimum atomic E-state index is -0.369. The molecule has 2 aromatic carbocycles. The van der Waals surface area contributed by atoms with Crippen LogP contribution in [0.2, 0.25) is 0 Å². The van der Waals surface area contributed by atoms with Crippen LogP contribution in [0.15, 0.2) is 47.1 Å². The molecule has 27 heavy (non-hydrogen) atoms. The van der Waals surface area contributed by atoms with Gasteiger partial charge >= 0.3 is 5.97 Å². The Labute approximate surface area is 156 Å². The molecule has 4 aromatic rings. The summed E-state index contributed by atoms with van der Waals surface area (Å²) >= 11 is 0. The molecular weight excluding hydrogens is 342 g/mol. The predicted molar refractivity (Wildman–Crippen MR) is 103 cm³/mol. The molecule has 0 aliphatic heterocycles. The zero-order valence-corrected chi connectivity index (χ0v) is 15.2. The summed E-state index contributed by atoms with van der Waals surface area (Å²) in [4.78, 5) is 20.9. The number of ether oxygens (including phenoxy) is 1. The van der Waals surface area contributed by atoms with Gasteiger partial charge in [-0.3, -0.25) is 4.79 Å². The SMILES string of the molecule is Cc1cc2occ(CC(=O)OCc3nc(N)c4ccccc4n3)c2cc1C.